The minimum atomic E-state index is 0.495. The highest BCUT2D eigenvalue weighted by Crippen LogP contribution is 2.32. The summed E-state index contributed by atoms with van der Waals surface area (Å²) in [5, 5.41) is 0.956. The van der Waals surface area contributed by atoms with Crippen LogP contribution in [-0.4, -0.2) is 4.98 Å². The lowest BCUT2D eigenvalue weighted by molar-refractivity contribution is 1.04. The molecule has 2 aromatic rings. The summed E-state index contributed by atoms with van der Waals surface area (Å²) in [6.07, 6.45) is 0. The number of hydrogen-bond acceptors (Lipinski definition) is 3. The van der Waals surface area contributed by atoms with E-state index in [0.717, 1.165) is 20.1 Å². The molecule has 0 radical (unpaired) electrons. The number of nitrogens with two attached hydrogens (primary N) is 1. The van der Waals surface area contributed by atoms with E-state index < -0.39 is 0 Å². The second-order valence-corrected chi connectivity index (χ2v) is 5.70. The fraction of sp³-hybridized carbons (Fsp3) is 0.182. The second-order valence-electron chi connectivity index (χ2n) is 3.30. The molecule has 0 bridgehead atoms. The molecule has 0 amide bonds. The third-order valence-electron chi connectivity index (χ3n) is 2.13. The average Bonchev–Trinajstić information content (AvgIpc) is 2.61. The second kappa shape index (κ2) is 4.43. The highest BCUT2D eigenvalue weighted by atomic mass is 79.9. The van der Waals surface area contributed by atoms with Crippen molar-refractivity contribution in [1.29, 1.82) is 0 Å². The molecule has 0 atom stereocenters. The van der Waals surface area contributed by atoms with Crippen molar-refractivity contribution in [3.05, 3.63) is 38.6 Å². The van der Waals surface area contributed by atoms with Gasteiger partial charge in [-0.05, 0) is 22.9 Å². The van der Waals surface area contributed by atoms with Gasteiger partial charge >= 0.3 is 0 Å². The first kappa shape index (κ1) is 10.8. The Kier molecular flexibility index (Phi) is 3.19. The molecule has 1 heterocycles. The molecule has 0 aliphatic carbocycles. The van der Waals surface area contributed by atoms with Gasteiger partial charge in [0.25, 0.3) is 0 Å². The minimum absolute atomic E-state index is 0.495. The van der Waals surface area contributed by atoms with Crippen molar-refractivity contribution in [2.45, 2.75) is 13.5 Å². The maximum absolute atomic E-state index is 5.56. The molecule has 2 nitrogen and oxygen atoms in total. The van der Waals surface area contributed by atoms with Crippen molar-refractivity contribution < 1.29 is 0 Å². The molecule has 4 heteroatoms. The fourth-order valence-corrected chi connectivity index (χ4v) is 2.89. The van der Waals surface area contributed by atoms with E-state index in [1.807, 2.05) is 0 Å². The molecule has 0 saturated carbocycles. The largest absolute Gasteiger partial charge is 0.325 e. The van der Waals surface area contributed by atoms with Crippen LogP contribution >= 0.6 is 27.3 Å². The van der Waals surface area contributed by atoms with Crippen LogP contribution in [0.25, 0.3) is 11.3 Å². The van der Waals surface area contributed by atoms with Gasteiger partial charge in [0, 0.05) is 12.1 Å². The van der Waals surface area contributed by atoms with Crippen molar-refractivity contribution in [2.75, 3.05) is 0 Å². The molecule has 15 heavy (non-hydrogen) atoms. The van der Waals surface area contributed by atoms with Crippen molar-refractivity contribution in [2.24, 2.45) is 5.73 Å². The van der Waals surface area contributed by atoms with Gasteiger partial charge in [0.05, 0.1) is 9.48 Å². The van der Waals surface area contributed by atoms with Crippen molar-refractivity contribution in [3.8, 4) is 11.3 Å². The van der Waals surface area contributed by atoms with Crippen LogP contribution in [0.4, 0.5) is 0 Å². The Balaban J connectivity index is 2.44. The van der Waals surface area contributed by atoms with E-state index in [9.17, 15) is 0 Å². The van der Waals surface area contributed by atoms with Gasteiger partial charge < -0.3 is 5.73 Å². The van der Waals surface area contributed by atoms with Crippen LogP contribution < -0.4 is 5.73 Å². The molecule has 0 aliphatic heterocycles. The van der Waals surface area contributed by atoms with Gasteiger partial charge in [-0.25, -0.2) is 4.98 Å². The Labute approximate surface area is 101 Å². The molecular formula is C11H11BrN2S. The summed E-state index contributed by atoms with van der Waals surface area (Å²) in [7, 11) is 0. The lowest BCUT2D eigenvalue weighted by atomic mass is 10.1. The predicted molar refractivity (Wildman–Crippen MR) is 67.9 cm³/mol. The highest BCUT2D eigenvalue weighted by molar-refractivity contribution is 9.11. The van der Waals surface area contributed by atoms with E-state index in [2.05, 4.69) is 52.1 Å². The fourth-order valence-electron chi connectivity index (χ4n) is 1.32. The molecule has 78 valence electrons. The number of aryl methyl sites for hydroxylation is 1. The Morgan fingerprint density at radius 1 is 1.33 bits per heavy atom. The number of nitrogens with zero attached hydrogens (tertiary/aromatic N) is 1. The van der Waals surface area contributed by atoms with Crippen LogP contribution in [-0.2, 0) is 6.54 Å². The zero-order valence-corrected chi connectivity index (χ0v) is 10.7. The molecule has 1 aromatic carbocycles. The SMILES string of the molecule is Cc1ccc(-c2nc(CN)sc2Br)cc1. The number of rotatable bonds is 2. The molecule has 2 N–H and O–H groups in total. The van der Waals surface area contributed by atoms with E-state index in [0.29, 0.717) is 6.54 Å². The Morgan fingerprint density at radius 3 is 2.53 bits per heavy atom. The Bertz CT molecular complexity index is 462. The summed E-state index contributed by atoms with van der Waals surface area (Å²) in [5.41, 5.74) is 8.93. The Morgan fingerprint density at radius 2 is 2.00 bits per heavy atom. The molecule has 2 rings (SSSR count). The topological polar surface area (TPSA) is 38.9 Å². The normalized spacial score (nSPS) is 10.6. The standard InChI is InChI=1S/C11H11BrN2S/c1-7-2-4-8(5-3-7)10-11(12)15-9(6-13)14-10/h2-5H,6,13H2,1H3. The van der Waals surface area contributed by atoms with Crippen molar-refractivity contribution >= 4 is 27.3 Å². The number of aromatic nitrogens is 1. The van der Waals surface area contributed by atoms with Crippen LogP contribution in [0.1, 0.15) is 10.6 Å². The average molecular weight is 283 g/mol. The molecule has 0 aliphatic rings. The molecular weight excluding hydrogens is 272 g/mol. The monoisotopic (exact) mass is 282 g/mol. The third-order valence-corrected chi connectivity index (χ3v) is 3.86. The van der Waals surface area contributed by atoms with Gasteiger partial charge in [0.2, 0.25) is 0 Å². The van der Waals surface area contributed by atoms with Crippen LogP contribution in [0.5, 0.6) is 0 Å². The lowest BCUT2D eigenvalue weighted by Crippen LogP contribution is -1.94. The first-order valence-corrected chi connectivity index (χ1v) is 6.24. The molecule has 0 saturated heterocycles. The number of benzene rings is 1. The van der Waals surface area contributed by atoms with Gasteiger partial charge in [-0.2, -0.15) is 0 Å². The van der Waals surface area contributed by atoms with Gasteiger partial charge in [-0.15, -0.1) is 11.3 Å². The van der Waals surface area contributed by atoms with Crippen LogP contribution in [0.3, 0.4) is 0 Å². The summed E-state index contributed by atoms with van der Waals surface area (Å²) in [5.74, 6) is 0. The van der Waals surface area contributed by atoms with E-state index in [1.165, 1.54) is 5.56 Å². The van der Waals surface area contributed by atoms with E-state index in [-0.39, 0.29) is 0 Å². The zero-order chi connectivity index (χ0) is 10.8. The first-order valence-electron chi connectivity index (χ1n) is 4.63. The first-order chi connectivity index (χ1) is 7.20. The van der Waals surface area contributed by atoms with Crippen LogP contribution in [0.2, 0.25) is 0 Å². The van der Waals surface area contributed by atoms with Crippen molar-refractivity contribution in [1.82, 2.24) is 4.98 Å². The third kappa shape index (κ3) is 2.27. The van der Waals surface area contributed by atoms with E-state index in [1.54, 1.807) is 11.3 Å². The van der Waals surface area contributed by atoms with Gasteiger partial charge in [0.1, 0.15) is 5.01 Å². The summed E-state index contributed by atoms with van der Waals surface area (Å²) in [6, 6.07) is 8.33. The predicted octanol–water partition coefficient (Wildman–Crippen LogP) is 3.34. The van der Waals surface area contributed by atoms with Gasteiger partial charge in [0.15, 0.2) is 0 Å². The van der Waals surface area contributed by atoms with Crippen molar-refractivity contribution in [3.63, 3.8) is 0 Å². The maximum atomic E-state index is 5.56. The van der Waals surface area contributed by atoms with Crippen LogP contribution in [0.15, 0.2) is 28.1 Å². The summed E-state index contributed by atoms with van der Waals surface area (Å²) >= 11 is 5.11. The quantitative estimate of drug-likeness (QED) is 0.918. The van der Waals surface area contributed by atoms with Gasteiger partial charge in [-0.1, -0.05) is 29.8 Å². The number of halogens is 1. The Hall–Kier alpha value is -0.710. The summed E-state index contributed by atoms with van der Waals surface area (Å²) < 4.78 is 1.05. The molecule has 0 fully saturated rings. The lowest BCUT2D eigenvalue weighted by Gasteiger charge is -1.98. The molecule has 0 spiro atoms. The number of thiazole rings is 1. The van der Waals surface area contributed by atoms with Crippen LogP contribution in [0, 0.1) is 6.92 Å². The molecule has 0 unspecified atom stereocenters. The highest BCUT2D eigenvalue weighted by Gasteiger charge is 2.09. The minimum Gasteiger partial charge on any atom is -0.325 e. The number of hydrogen-bond donors (Lipinski definition) is 1. The molecule has 1 aromatic heterocycles. The van der Waals surface area contributed by atoms with E-state index in [4.69, 9.17) is 5.73 Å². The van der Waals surface area contributed by atoms with E-state index >= 15 is 0 Å². The van der Waals surface area contributed by atoms with Gasteiger partial charge in [-0.3, -0.25) is 0 Å². The summed E-state index contributed by atoms with van der Waals surface area (Å²) in [6.45, 7) is 2.57. The smallest absolute Gasteiger partial charge is 0.108 e. The zero-order valence-electron chi connectivity index (χ0n) is 8.33. The summed E-state index contributed by atoms with van der Waals surface area (Å²) in [4.78, 5) is 4.47. The maximum Gasteiger partial charge on any atom is 0.108 e.